The molecular formula is C14H17N3O4S2. The second-order valence-electron chi connectivity index (χ2n) is 5.59. The molecule has 1 N–H and O–H groups in total. The van der Waals surface area contributed by atoms with E-state index in [1.807, 2.05) is 0 Å². The number of nitrogens with one attached hydrogen (secondary N) is 1. The fourth-order valence-electron chi connectivity index (χ4n) is 2.64. The van der Waals surface area contributed by atoms with Gasteiger partial charge in [-0.15, -0.1) is 0 Å². The molecule has 1 aromatic carbocycles. The van der Waals surface area contributed by atoms with E-state index in [4.69, 9.17) is 0 Å². The number of aryl methyl sites for hydroxylation is 1. The highest BCUT2D eigenvalue weighted by atomic mass is 32.2. The molecule has 3 rings (SSSR count). The van der Waals surface area contributed by atoms with Crippen molar-refractivity contribution in [3.05, 3.63) is 42.1 Å². The van der Waals surface area contributed by atoms with E-state index in [9.17, 15) is 16.8 Å². The molecule has 124 valence electrons. The van der Waals surface area contributed by atoms with Crippen molar-refractivity contribution in [2.24, 2.45) is 0 Å². The van der Waals surface area contributed by atoms with E-state index < -0.39 is 19.9 Å². The minimum atomic E-state index is -3.74. The maximum Gasteiger partial charge on any atom is 0.263 e. The number of hydrogen-bond donors (Lipinski definition) is 1. The Kier molecular flexibility index (Phi) is 3.93. The highest BCUT2D eigenvalue weighted by Gasteiger charge is 2.32. The molecule has 1 aliphatic heterocycles. The van der Waals surface area contributed by atoms with Gasteiger partial charge in [0.2, 0.25) is 0 Å². The summed E-state index contributed by atoms with van der Waals surface area (Å²) in [7, 11) is -6.83. The van der Waals surface area contributed by atoms with Gasteiger partial charge in [-0.2, -0.15) is 5.10 Å². The van der Waals surface area contributed by atoms with Crippen molar-refractivity contribution < 1.29 is 16.8 Å². The van der Waals surface area contributed by atoms with Crippen molar-refractivity contribution >= 4 is 25.7 Å². The van der Waals surface area contributed by atoms with Crippen molar-refractivity contribution in [3.8, 4) is 0 Å². The lowest BCUT2D eigenvalue weighted by Crippen LogP contribution is -2.19. The maximum atomic E-state index is 12.4. The van der Waals surface area contributed by atoms with Crippen LogP contribution in [0.4, 0.5) is 5.82 Å². The van der Waals surface area contributed by atoms with Crippen LogP contribution in [0.2, 0.25) is 0 Å². The largest absolute Gasteiger partial charge is 0.264 e. The van der Waals surface area contributed by atoms with Gasteiger partial charge in [-0.3, -0.25) is 4.72 Å². The number of rotatable bonds is 4. The monoisotopic (exact) mass is 355 g/mol. The summed E-state index contributed by atoms with van der Waals surface area (Å²) in [6.07, 6.45) is 0.434. The first kappa shape index (κ1) is 16.0. The van der Waals surface area contributed by atoms with E-state index in [1.165, 1.54) is 16.8 Å². The topological polar surface area (TPSA) is 98.1 Å². The predicted octanol–water partition coefficient (Wildman–Crippen LogP) is 1.35. The second-order valence-corrected chi connectivity index (χ2v) is 9.50. The number of sulfone groups is 1. The van der Waals surface area contributed by atoms with Gasteiger partial charge >= 0.3 is 0 Å². The Morgan fingerprint density at radius 1 is 1.26 bits per heavy atom. The van der Waals surface area contributed by atoms with E-state index >= 15 is 0 Å². The van der Waals surface area contributed by atoms with Gasteiger partial charge in [0.25, 0.3) is 10.0 Å². The third kappa shape index (κ3) is 3.40. The molecule has 9 heteroatoms. The fourth-order valence-corrected chi connectivity index (χ4v) is 5.39. The number of hydrogen-bond acceptors (Lipinski definition) is 5. The molecule has 0 radical (unpaired) electrons. The Morgan fingerprint density at radius 3 is 2.57 bits per heavy atom. The van der Waals surface area contributed by atoms with Crippen LogP contribution >= 0.6 is 0 Å². The predicted molar refractivity (Wildman–Crippen MR) is 86.5 cm³/mol. The van der Waals surface area contributed by atoms with Crippen molar-refractivity contribution in [2.75, 3.05) is 16.2 Å². The van der Waals surface area contributed by atoms with Gasteiger partial charge in [-0.1, -0.05) is 18.2 Å². The second kappa shape index (κ2) is 5.64. The van der Waals surface area contributed by atoms with E-state index in [0.717, 1.165) is 0 Å². The van der Waals surface area contributed by atoms with Crippen molar-refractivity contribution in [1.29, 1.82) is 0 Å². The Morgan fingerprint density at radius 2 is 1.96 bits per heavy atom. The van der Waals surface area contributed by atoms with Crippen LogP contribution in [0, 0.1) is 6.92 Å². The van der Waals surface area contributed by atoms with Crippen molar-refractivity contribution in [2.45, 2.75) is 24.3 Å². The third-order valence-corrected chi connectivity index (χ3v) is 6.83. The molecule has 1 saturated heterocycles. The molecule has 0 amide bonds. The molecule has 0 spiro atoms. The molecule has 23 heavy (non-hydrogen) atoms. The maximum absolute atomic E-state index is 12.4. The fraction of sp³-hybridized carbons (Fsp3) is 0.357. The average Bonchev–Trinajstić information content (AvgIpc) is 3.01. The molecule has 0 saturated carbocycles. The van der Waals surface area contributed by atoms with E-state index in [1.54, 1.807) is 31.2 Å². The summed E-state index contributed by atoms with van der Waals surface area (Å²) in [6.45, 7) is 1.74. The number of sulfonamides is 1. The van der Waals surface area contributed by atoms with Gasteiger partial charge in [-0.25, -0.2) is 21.5 Å². The first-order valence-electron chi connectivity index (χ1n) is 7.11. The van der Waals surface area contributed by atoms with Gasteiger partial charge in [0.1, 0.15) is 5.82 Å². The highest BCUT2D eigenvalue weighted by molar-refractivity contribution is 7.92. The van der Waals surface area contributed by atoms with Crippen LogP contribution in [0.1, 0.15) is 18.2 Å². The van der Waals surface area contributed by atoms with Gasteiger partial charge < -0.3 is 0 Å². The summed E-state index contributed by atoms with van der Waals surface area (Å²) in [4.78, 5) is 0.143. The van der Waals surface area contributed by atoms with Crippen LogP contribution in [-0.2, 0) is 19.9 Å². The molecule has 0 bridgehead atoms. The van der Waals surface area contributed by atoms with Crippen LogP contribution < -0.4 is 4.72 Å². The number of aromatic nitrogens is 2. The van der Waals surface area contributed by atoms with Gasteiger partial charge in [-0.05, 0) is 25.5 Å². The van der Waals surface area contributed by atoms with Crippen LogP contribution in [0.5, 0.6) is 0 Å². The van der Waals surface area contributed by atoms with Crippen LogP contribution in [0.25, 0.3) is 0 Å². The summed E-state index contributed by atoms with van der Waals surface area (Å²) < 4.78 is 52.2. The molecule has 1 atom stereocenters. The Hall–Kier alpha value is -1.87. The number of benzene rings is 1. The zero-order valence-electron chi connectivity index (χ0n) is 12.5. The first-order valence-corrected chi connectivity index (χ1v) is 10.4. The summed E-state index contributed by atoms with van der Waals surface area (Å²) in [6, 6.07) is 9.26. The molecule has 1 aromatic heterocycles. The van der Waals surface area contributed by atoms with Crippen molar-refractivity contribution in [1.82, 2.24) is 9.78 Å². The standard InChI is InChI=1S/C14H17N3O4S2/c1-11-9-14(16-23(20,21)13-5-3-2-4-6-13)17(15-11)12-7-8-22(18,19)10-12/h2-6,9,12,16H,7-8,10H2,1H3. The molecule has 2 heterocycles. The lowest BCUT2D eigenvalue weighted by molar-refractivity contribution is 0.503. The Labute approximate surface area is 135 Å². The number of nitrogens with zero attached hydrogens (tertiary/aromatic N) is 2. The molecule has 2 aromatic rings. The molecule has 7 nitrogen and oxygen atoms in total. The lowest BCUT2D eigenvalue weighted by Gasteiger charge is -2.14. The average molecular weight is 355 g/mol. The number of anilines is 1. The van der Waals surface area contributed by atoms with Crippen LogP contribution in [0.15, 0.2) is 41.3 Å². The summed E-state index contributed by atoms with van der Waals surface area (Å²) in [5.41, 5.74) is 0.625. The zero-order valence-corrected chi connectivity index (χ0v) is 14.1. The Balaban J connectivity index is 1.93. The molecule has 0 aliphatic carbocycles. The quantitative estimate of drug-likeness (QED) is 0.893. The van der Waals surface area contributed by atoms with E-state index in [-0.39, 0.29) is 28.3 Å². The molecule has 1 aliphatic rings. The SMILES string of the molecule is Cc1cc(NS(=O)(=O)c2ccccc2)n(C2CCS(=O)(=O)C2)n1. The van der Waals surface area contributed by atoms with Gasteiger partial charge in [0.15, 0.2) is 9.84 Å². The molecule has 1 fully saturated rings. The minimum Gasteiger partial charge on any atom is -0.264 e. The molecule has 1 unspecified atom stereocenters. The summed E-state index contributed by atoms with van der Waals surface area (Å²) >= 11 is 0. The third-order valence-electron chi connectivity index (χ3n) is 3.70. The van der Waals surface area contributed by atoms with Gasteiger partial charge in [0, 0.05) is 6.07 Å². The summed E-state index contributed by atoms with van der Waals surface area (Å²) in [5, 5.41) is 4.26. The van der Waals surface area contributed by atoms with Crippen LogP contribution in [-0.4, -0.2) is 38.1 Å². The van der Waals surface area contributed by atoms with E-state index in [2.05, 4.69) is 9.82 Å². The van der Waals surface area contributed by atoms with Crippen molar-refractivity contribution in [3.63, 3.8) is 0 Å². The molecular weight excluding hydrogens is 338 g/mol. The van der Waals surface area contributed by atoms with E-state index in [0.29, 0.717) is 12.1 Å². The van der Waals surface area contributed by atoms with Crippen LogP contribution in [0.3, 0.4) is 0 Å². The zero-order chi connectivity index (χ0) is 16.7. The normalized spacial score (nSPS) is 20.5. The smallest absolute Gasteiger partial charge is 0.263 e. The minimum absolute atomic E-state index is 0.0197. The van der Waals surface area contributed by atoms with Gasteiger partial charge in [0.05, 0.1) is 28.1 Å². The Bertz CT molecular complexity index is 918. The summed E-state index contributed by atoms with van der Waals surface area (Å²) in [5.74, 6) is 0.365. The highest BCUT2D eigenvalue weighted by Crippen LogP contribution is 2.28. The first-order chi connectivity index (χ1) is 10.8. The lowest BCUT2D eigenvalue weighted by atomic mass is 10.3.